The first-order valence-electron chi connectivity index (χ1n) is 7.09. The zero-order valence-electron chi connectivity index (χ0n) is 13.0. The van der Waals surface area contributed by atoms with Crippen LogP contribution in [0.1, 0.15) is 34.2 Å². The fourth-order valence-corrected chi connectivity index (χ4v) is 2.25. The van der Waals surface area contributed by atoms with E-state index in [1.807, 2.05) is 38.1 Å². The van der Waals surface area contributed by atoms with Gasteiger partial charge in [-0.2, -0.15) is 0 Å². The highest BCUT2D eigenvalue weighted by atomic mass is 16.5. The van der Waals surface area contributed by atoms with Crippen molar-refractivity contribution in [2.75, 3.05) is 13.7 Å². The lowest BCUT2D eigenvalue weighted by atomic mass is 9.90. The van der Waals surface area contributed by atoms with Gasteiger partial charge < -0.3 is 14.7 Å². The summed E-state index contributed by atoms with van der Waals surface area (Å²) in [6.45, 7) is 6.31. The summed E-state index contributed by atoms with van der Waals surface area (Å²) in [5, 5.41) is 9.15. The van der Waals surface area contributed by atoms with E-state index in [0.29, 0.717) is 6.54 Å². The second-order valence-electron chi connectivity index (χ2n) is 5.14. The Morgan fingerprint density at radius 3 is 2.38 bits per heavy atom. The Morgan fingerprint density at radius 2 is 1.95 bits per heavy atom. The number of benzene rings is 1. The summed E-state index contributed by atoms with van der Waals surface area (Å²) in [4.78, 5) is 24.6. The first-order valence-corrected chi connectivity index (χ1v) is 7.09. The summed E-state index contributed by atoms with van der Waals surface area (Å²) in [6, 6.07) is 7.41. The van der Waals surface area contributed by atoms with E-state index in [1.165, 1.54) is 0 Å². The van der Waals surface area contributed by atoms with E-state index in [0.717, 1.165) is 11.3 Å². The highest BCUT2D eigenvalue weighted by Crippen LogP contribution is 2.32. The number of carboxylic acids is 1. The maximum Gasteiger partial charge on any atom is 0.311 e. The Morgan fingerprint density at radius 1 is 1.38 bits per heavy atom. The van der Waals surface area contributed by atoms with Gasteiger partial charge in [0.2, 0.25) is 5.91 Å². The molecule has 1 heterocycles. The topological polar surface area (TPSA) is 66.8 Å². The molecule has 21 heavy (non-hydrogen) atoms. The molecule has 0 aliphatic carbocycles. The fourth-order valence-electron chi connectivity index (χ4n) is 2.25. The number of nitrogens with zero attached hydrogens (tertiary/aromatic N) is 1. The third kappa shape index (κ3) is 3.97. The molecule has 1 amide bonds. The summed E-state index contributed by atoms with van der Waals surface area (Å²) >= 11 is 0. The van der Waals surface area contributed by atoms with Gasteiger partial charge in [-0.25, -0.2) is 0 Å². The number of rotatable bonds is 4. The van der Waals surface area contributed by atoms with Crippen molar-refractivity contribution in [3.8, 4) is 5.75 Å². The summed E-state index contributed by atoms with van der Waals surface area (Å²) in [6.07, 6.45) is 0.0679. The van der Waals surface area contributed by atoms with Gasteiger partial charge in [-0.3, -0.25) is 9.59 Å². The molecule has 1 N–H and O–H groups in total. The van der Waals surface area contributed by atoms with Gasteiger partial charge in [0.25, 0.3) is 0 Å². The Balaban J connectivity index is 0.00000141. The smallest absolute Gasteiger partial charge is 0.311 e. The van der Waals surface area contributed by atoms with Crippen LogP contribution in [0.4, 0.5) is 0 Å². The second kappa shape index (κ2) is 7.11. The van der Waals surface area contributed by atoms with Crippen molar-refractivity contribution >= 4 is 11.9 Å². The number of amides is 1. The minimum absolute atomic E-state index is 0. The minimum Gasteiger partial charge on any atom is -0.497 e. The third-order valence-electron chi connectivity index (χ3n) is 3.48. The molecule has 1 unspecified atom stereocenters. The standard InChI is InChI=1S/C14H17NO4.C2H6.H2/c1-14(13(17)18)7-12(16)15(9-14)8-10-3-5-11(19-2)6-4-10;1-2;/h3-6H,7-9H2,1-2H3,(H,17,18);1-2H3;1H. The molecule has 2 rings (SSSR count). The maximum absolute atomic E-state index is 11.9. The third-order valence-corrected chi connectivity index (χ3v) is 3.48. The first kappa shape index (κ1) is 17.0. The van der Waals surface area contributed by atoms with Gasteiger partial charge in [0.05, 0.1) is 12.5 Å². The molecular formula is C16H25NO4. The van der Waals surface area contributed by atoms with Crippen LogP contribution in [0.15, 0.2) is 24.3 Å². The highest BCUT2D eigenvalue weighted by Gasteiger charge is 2.45. The zero-order chi connectivity index (χ0) is 16.0. The average molecular weight is 295 g/mol. The number of hydrogen-bond acceptors (Lipinski definition) is 3. The molecular weight excluding hydrogens is 270 g/mol. The summed E-state index contributed by atoms with van der Waals surface area (Å²) in [7, 11) is 1.59. The molecule has 1 saturated heterocycles. The molecule has 1 fully saturated rings. The van der Waals surface area contributed by atoms with E-state index < -0.39 is 11.4 Å². The van der Waals surface area contributed by atoms with Crippen LogP contribution >= 0.6 is 0 Å². The molecule has 1 atom stereocenters. The Hall–Kier alpha value is -2.04. The number of hydrogen-bond donors (Lipinski definition) is 1. The molecule has 1 aliphatic rings. The second-order valence-corrected chi connectivity index (χ2v) is 5.14. The van der Waals surface area contributed by atoms with E-state index in [-0.39, 0.29) is 20.3 Å². The van der Waals surface area contributed by atoms with Crippen molar-refractivity contribution < 1.29 is 20.9 Å². The molecule has 5 nitrogen and oxygen atoms in total. The van der Waals surface area contributed by atoms with Crippen molar-refractivity contribution in [1.29, 1.82) is 0 Å². The first-order chi connectivity index (χ1) is 9.94. The number of methoxy groups -OCH3 is 1. The molecule has 118 valence electrons. The van der Waals surface area contributed by atoms with Crippen molar-refractivity contribution in [3.05, 3.63) is 29.8 Å². The lowest BCUT2D eigenvalue weighted by Crippen LogP contribution is -2.31. The lowest BCUT2D eigenvalue weighted by Gasteiger charge is -2.20. The number of carboxylic acid groups (broad SMARTS) is 1. The van der Waals surface area contributed by atoms with Crippen LogP contribution in [-0.4, -0.2) is 35.5 Å². The Labute approximate surface area is 127 Å². The molecule has 0 spiro atoms. The van der Waals surface area contributed by atoms with E-state index in [2.05, 4.69) is 0 Å². The monoisotopic (exact) mass is 295 g/mol. The van der Waals surface area contributed by atoms with Crippen LogP contribution in [-0.2, 0) is 16.1 Å². The maximum atomic E-state index is 11.9. The average Bonchev–Trinajstić information content (AvgIpc) is 2.78. The van der Waals surface area contributed by atoms with E-state index in [4.69, 9.17) is 9.84 Å². The largest absolute Gasteiger partial charge is 0.497 e. The van der Waals surface area contributed by atoms with Gasteiger partial charge in [-0.05, 0) is 24.6 Å². The van der Waals surface area contributed by atoms with Crippen molar-refractivity contribution in [2.24, 2.45) is 5.41 Å². The molecule has 0 radical (unpaired) electrons. The van der Waals surface area contributed by atoms with Crippen molar-refractivity contribution in [3.63, 3.8) is 0 Å². The van der Waals surface area contributed by atoms with Gasteiger partial charge >= 0.3 is 5.97 Å². The number of ether oxygens (including phenoxy) is 1. The molecule has 0 aromatic heterocycles. The van der Waals surface area contributed by atoms with E-state index in [1.54, 1.807) is 18.9 Å². The highest BCUT2D eigenvalue weighted by molar-refractivity contribution is 5.88. The van der Waals surface area contributed by atoms with Crippen LogP contribution < -0.4 is 4.74 Å². The van der Waals surface area contributed by atoms with Crippen LogP contribution in [0.5, 0.6) is 5.75 Å². The molecule has 1 aliphatic heterocycles. The predicted octanol–water partition coefficient (Wildman–Crippen LogP) is 2.79. The van der Waals surface area contributed by atoms with Gasteiger partial charge in [0.15, 0.2) is 0 Å². The zero-order valence-corrected chi connectivity index (χ0v) is 13.0. The molecule has 0 saturated carbocycles. The van der Waals surface area contributed by atoms with Gasteiger partial charge in [-0.15, -0.1) is 0 Å². The number of carbonyl (C=O) groups excluding carboxylic acids is 1. The minimum atomic E-state index is -0.969. The lowest BCUT2D eigenvalue weighted by molar-refractivity contribution is -0.147. The SMILES string of the molecule is CC.COc1ccc(CN2CC(C)(C(=O)O)CC2=O)cc1.[HH]. The number of aliphatic carboxylic acids is 1. The quantitative estimate of drug-likeness (QED) is 0.927. The van der Waals surface area contributed by atoms with Gasteiger partial charge in [0.1, 0.15) is 5.75 Å². The Bertz CT molecular complexity index is 503. The summed E-state index contributed by atoms with van der Waals surface area (Å²) in [5.74, 6) is -0.273. The summed E-state index contributed by atoms with van der Waals surface area (Å²) in [5.41, 5.74) is -0.00686. The van der Waals surface area contributed by atoms with E-state index >= 15 is 0 Å². The van der Waals surface area contributed by atoms with Crippen LogP contribution in [0.25, 0.3) is 0 Å². The predicted molar refractivity (Wildman–Crippen MR) is 82.2 cm³/mol. The summed E-state index contributed by atoms with van der Waals surface area (Å²) < 4.78 is 5.07. The van der Waals surface area contributed by atoms with Gasteiger partial charge in [0, 0.05) is 20.9 Å². The van der Waals surface area contributed by atoms with Crippen LogP contribution in [0, 0.1) is 5.41 Å². The molecule has 1 aromatic rings. The Kier molecular flexibility index (Phi) is 5.76. The molecule has 0 bridgehead atoms. The van der Waals surface area contributed by atoms with Crippen molar-refractivity contribution in [2.45, 2.75) is 33.7 Å². The number of carbonyl (C=O) groups is 2. The van der Waals surface area contributed by atoms with Crippen LogP contribution in [0.2, 0.25) is 0 Å². The van der Waals surface area contributed by atoms with Crippen LogP contribution in [0.3, 0.4) is 0 Å². The van der Waals surface area contributed by atoms with Gasteiger partial charge in [-0.1, -0.05) is 26.0 Å². The number of likely N-dealkylation sites (tertiary alicyclic amines) is 1. The van der Waals surface area contributed by atoms with Crippen molar-refractivity contribution in [1.82, 2.24) is 4.90 Å². The van der Waals surface area contributed by atoms with E-state index in [9.17, 15) is 9.59 Å². The molecule has 1 aromatic carbocycles. The molecule has 5 heteroatoms. The fraction of sp³-hybridized carbons (Fsp3) is 0.500. The normalized spacial score (nSPS) is 20.8.